The summed E-state index contributed by atoms with van der Waals surface area (Å²) in [5.74, 6) is -0.489. The lowest BCUT2D eigenvalue weighted by molar-refractivity contribution is -0.128. The van der Waals surface area contributed by atoms with Gasteiger partial charge in [0, 0.05) is 6.54 Å². The Balaban J connectivity index is 1.83. The summed E-state index contributed by atoms with van der Waals surface area (Å²) in [5.41, 5.74) is 0.352. The third-order valence-electron chi connectivity index (χ3n) is 5.77. The minimum Gasteiger partial charge on any atom is -0.380 e. The third kappa shape index (κ3) is 4.08. The van der Waals surface area contributed by atoms with Gasteiger partial charge in [-0.25, -0.2) is 13.1 Å². The molecule has 2 atom stereocenters. The first-order valence-corrected chi connectivity index (χ1v) is 11.2. The molecule has 0 aliphatic heterocycles. The van der Waals surface area contributed by atoms with Crippen molar-refractivity contribution in [3.63, 3.8) is 0 Å². The van der Waals surface area contributed by atoms with Crippen molar-refractivity contribution in [3.05, 3.63) is 72.8 Å². The molecule has 29 heavy (non-hydrogen) atoms. The number of hydrogen-bond donors (Lipinski definition) is 2. The third-order valence-corrected chi connectivity index (χ3v) is 7.16. The molecule has 1 aliphatic rings. The van der Waals surface area contributed by atoms with Crippen LogP contribution in [0.2, 0.25) is 0 Å². The minimum atomic E-state index is -4.03. The van der Waals surface area contributed by atoms with Crippen LogP contribution >= 0.6 is 0 Å². The van der Waals surface area contributed by atoms with E-state index in [0.717, 1.165) is 5.56 Å². The van der Waals surface area contributed by atoms with Crippen molar-refractivity contribution in [1.82, 2.24) is 4.72 Å². The van der Waals surface area contributed by atoms with Gasteiger partial charge in [-0.1, -0.05) is 69.3 Å². The normalized spacial score (nSPS) is 21.3. The Morgan fingerprint density at radius 2 is 1.76 bits per heavy atom. The Kier molecular flexibility index (Phi) is 5.59. The highest BCUT2D eigenvalue weighted by Crippen LogP contribution is 2.64. The van der Waals surface area contributed by atoms with Crippen LogP contribution in [0.4, 0.5) is 5.69 Å². The SMILES string of the molecule is C=C[C@@H]1C[C@@]1(C(=O)NS(=O)(=O)c1ccccc1NCc1ccccc1)C(C)(C)C. The molecule has 1 amide bonds. The van der Waals surface area contributed by atoms with E-state index < -0.39 is 21.3 Å². The van der Waals surface area contributed by atoms with E-state index in [1.807, 2.05) is 51.1 Å². The zero-order chi connectivity index (χ0) is 21.3. The maximum Gasteiger partial charge on any atom is 0.266 e. The van der Waals surface area contributed by atoms with E-state index in [1.54, 1.807) is 24.3 Å². The highest BCUT2D eigenvalue weighted by Gasteiger charge is 2.65. The average Bonchev–Trinajstić information content (AvgIpc) is 3.43. The first-order valence-electron chi connectivity index (χ1n) is 9.68. The van der Waals surface area contributed by atoms with Crippen LogP contribution in [0.1, 0.15) is 32.8 Å². The summed E-state index contributed by atoms with van der Waals surface area (Å²) >= 11 is 0. The molecular formula is C23H28N2O3S. The smallest absolute Gasteiger partial charge is 0.266 e. The van der Waals surface area contributed by atoms with E-state index >= 15 is 0 Å². The maximum absolute atomic E-state index is 13.1. The number of rotatable bonds is 7. The van der Waals surface area contributed by atoms with Gasteiger partial charge in [-0.05, 0) is 35.4 Å². The van der Waals surface area contributed by atoms with Crippen molar-refractivity contribution in [2.24, 2.45) is 16.7 Å². The highest BCUT2D eigenvalue weighted by molar-refractivity contribution is 7.90. The molecule has 1 aliphatic carbocycles. The zero-order valence-corrected chi connectivity index (χ0v) is 17.9. The molecule has 2 aromatic rings. The number of allylic oxidation sites excluding steroid dienone is 1. The molecule has 0 spiro atoms. The van der Waals surface area contributed by atoms with Crippen LogP contribution in [0.5, 0.6) is 0 Å². The molecule has 0 saturated heterocycles. The van der Waals surface area contributed by atoms with Crippen molar-refractivity contribution in [3.8, 4) is 0 Å². The van der Waals surface area contributed by atoms with Crippen molar-refractivity contribution >= 4 is 21.6 Å². The standard InChI is InChI=1S/C23H28N2O3S/c1-5-18-15-23(18,22(2,3)4)21(26)25-29(27,28)20-14-10-9-13-19(20)24-16-17-11-7-6-8-12-17/h5-14,18,24H,1,15-16H2,2-4H3,(H,25,26)/t18-,23-/m1/s1. The molecule has 2 N–H and O–H groups in total. The van der Waals surface area contributed by atoms with Crippen LogP contribution in [-0.2, 0) is 21.4 Å². The molecule has 0 radical (unpaired) electrons. The molecule has 1 saturated carbocycles. The maximum atomic E-state index is 13.1. The van der Waals surface area contributed by atoms with E-state index in [1.165, 1.54) is 6.07 Å². The van der Waals surface area contributed by atoms with Crippen LogP contribution in [0, 0.1) is 16.7 Å². The fourth-order valence-electron chi connectivity index (χ4n) is 3.94. The number of benzene rings is 2. The largest absolute Gasteiger partial charge is 0.380 e. The van der Waals surface area contributed by atoms with Crippen LogP contribution in [0.25, 0.3) is 0 Å². The molecule has 0 bridgehead atoms. The lowest BCUT2D eigenvalue weighted by Crippen LogP contribution is -2.43. The second-order valence-electron chi connectivity index (χ2n) is 8.54. The summed E-state index contributed by atoms with van der Waals surface area (Å²) in [4.78, 5) is 13.1. The minimum absolute atomic E-state index is 0.0239. The van der Waals surface area contributed by atoms with E-state index in [9.17, 15) is 13.2 Å². The lowest BCUT2D eigenvalue weighted by atomic mass is 9.75. The fourth-order valence-corrected chi connectivity index (χ4v) is 5.17. The molecular weight excluding hydrogens is 384 g/mol. The van der Waals surface area contributed by atoms with Crippen molar-refractivity contribution < 1.29 is 13.2 Å². The van der Waals surface area contributed by atoms with Gasteiger partial charge in [-0.3, -0.25) is 4.79 Å². The molecule has 2 aromatic carbocycles. The number of anilines is 1. The van der Waals surface area contributed by atoms with Crippen LogP contribution in [-0.4, -0.2) is 14.3 Å². The summed E-state index contributed by atoms with van der Waals surface area (Å²) < 4.78 is 28.5. The molecule has 0 heterocycles. The van der Waals surface area contributed by atoms with Gasteiger partial charge in [0.2, 0.25) is 5.91 Å². The quantitative estimate of drug-likeness (QED) is 0.663. The number of hydrogen-bond acceptors (Lipinski definition) is 4. The first-order chi connectivity index (χ1) is 13.6. The Hall–Kier alpha value is -2.60. The molecule has 3 rings (SSSR count). The molecule has 154 valence electrons. The number of carbonyl (C=O) groups is 1. The summed E-state index contributed by atoms with van der Waals surface area (Å²) in [6, 6.07) is 16.3. The van der Waals surface area contributed by atoms with Gasteiger partial charge >= 0.3 is 0 Å². The predicted molar refractivity (Wildman–Crippen MR) is 116 cm³/mol. The van der Waals surface area contributed by atoms with Gasteiger partial charge in [0.15, 0.2) is 0 Å². The fraction of sp³-hybridized carbons (Fsp3) is 0.348. The van der Waals surface area contributed by atoms with Gasteiger partial charge < -0.3 is 5.32 Å². The predicted octanol–water partition coefficient (Wildman–Crippen LogP) is 4.34. The summed E-state index contributed by atoms with van der Waals surface area (Å²) in [6.07, 6.45) is 2.35. The number of carbonyl (C=O) groups excluding carboxylic acids is 1. The van der Waals surface area contributed by atoms with Crippen molar-refractivity contribution in [2.75, 3.05) is 5.32 Å². The molecule has 6 heteroatoms. The van der Waals surface area contributed by atoms with E-state index in [-0.39, 0.29) is 16.2 Å². The molecule has 1 fully saturated rings. The molecule has 5 nitrogen and oxygen atoms in total. The van der Waals surface area contributed by atoms with E-state index in [0.29, 0.717) is 18.7 Å². The van der Waals surface area contributed by atoms with Gasteiger partial charge in [0.1, 0.15) is 4.90 Å². The Morgan fingerprint density at radius 3 is 2.34 bits per heavy atom. The molecule has 0 unspecified atom stereocenters. The number of sulfonamides is 1. The van der Waals surface area contributed by atoms with Crippen LogP contribution in [0.3, 0.4) is 0 Å². The van der Waals surface area contributed by atoms with E-state index in [4.69, 9.17) is 0 Å². The van der Waals surface area contributed by atoms with Gasteiger partial charge in [-0.15, -0.1) is 6.58 Å². The second kappa shape index (κ2) is 7.67. The zero-order valence-electron chi connectivity index (χ0n) is 17.1. The highest BCUT2D eigenvalue weighted by atomic mass is 32.2. The first kappa shape index (κ1) is 21.1. The van der Waals surface area contributed by atoms with E-state index in [2.05, 4.69) is 16.6 Å². The van der Waals surface area contributed by atoms with Gasteiger partial charge in [-0.2, -0.15) is 0 Å². The van der Waals surface area contributed by atoms with Gasteiger partial charge in [0.05, 0.1) is 11.1 Å². The van der Waals surface area contributed by atoms with Crippen LogP contribution in [0.15, 0.2) is 72.1 Å². The Labute approximate surface area is 173 Å². The number of nitrogens with one attached hydrogen (secondary N) is 2. The summed E-state index contributed by atoms with van der Waals surface area (Å²) in [7, 11) is -4.03. The summed E-state index contributed by atoms with van der Waals surface area (Å²) in [6.45, 7) is 10.1. The molecule has 0 aromatic heterocycles. The van der Waals surface area contributed by atoms with Crippen LogP contribution < -0.4 is 10.0 Å². The van der Waals surface area contributed by atoms with Gasteiger partial charge in [0.25, 0.3) is 10.0 Å². The number of para-hydroxylation sites is 1. The Bertz CT molecular complexity index is 1010. The topological polar surface area (TPSA) is 75.3 Å². The Morgan fingerprint density at radius 1 is 1.14 bits per heavy atom. The van der Waals surface area contributed by atoms with Crippen molar-refractivity contribution in [1.29, 1.82) is 0 Å². The second-order valence-corrected chi connectivity index (χ2v) is 10.2. The summed E-state index contributed by atoms with van der Waals surface area (Å²) in [5, 5.41) is 3.17. The number of amides is 1. The van der Waals surface area contributed by atoms with Crippen molar-refractivity contribution in [2.45, 2.75) is 38.6 Å². The lowest BCUT2D eigenvalue weighted by Gasteiger charge is -2.30. The average molecular weight is 413 g/mol. The monoisotopic (exact) mass is 412 g/mol.